The first-order valence-electron chi connectivity index (χ1n) is 8.54. The molecule has 1 aliphatic rings. The summed E-state index contributed by atoms with van der Waals surface area (Å²) in [5, 5.41) is 12.9. The summed E-state index contributed by atoms with van der Waals surface area (Å²) in [5.74, 6) is 1.42. The Morgan fingerprint density at radius 3 is 3.09 bits per heavy atom. The predicted molar refractivity (Wildman–Crippen MR) is 94.1 cm³/mol. The van der Waals surface area contributed by atoms with Crippen molar-refractivity contribution in [2.24, 2.45) is 5.92 Å². The number of rotatable bonds is 7. The summed E-state index contributed by atoms with van der Waals surface area (Å²) in [6, 6.07) is 0. The minimum Gasteiger partial charge on any atom is -0.396 e. The Labute approximate surface area is 140 Å². The van der Waals surface area contributed by atoms with Gasteiger partial charge < -0.3 is 15.4 Å². The number of aliphatic hydroxyl groups excluding tert-OH is 1. The number of aryl methyl sites for hydroxylation is 1. The monoisotopic (exact) mass is 335 g/mol. The molecule has 0 saturated heterocycles. The number of aliphatic hydroxyl groups is 1. The lowest BCUT2D eigenvalue weighted by Crippen LogP contribution is -2.20. The molecule has 126 valence electrons. The Morgan fingerprint density at radius 2 is 2.26 bits per heavy atom. The van der Waals surface area contributed by atoms with E-state index in [2.05, 4.69) is 22.2 Å². The van der Waals surface area contributed by atoms with Crippen LogP contribution in [0.15, 0.2) is 4.79 Å². The number of H-pyrrole nitrogens is 1. The zero-order chi connectivity index (χ0) is 16.2. The van der Waals surface area contributed by atoms with Gasteiger partial charge in [0.05, 0.1) is 11.9 Å². The fraction of sp³-hybridized carbons (Fsp3) is 0.647. The molecule has 0 bridgehead atoms. The lowest BCUT2D eigenvalue weighted by atomic mass is 9.89. The van der Waals surface area contributed by atoms with Crippen molar-refractivity contribution < 1.29 is 5.11 Å². The van der Waals surface area contributed by atoms with E-state index in [0.717, 1.165) is 61.1 Å². The molecular weight excluding hydrogens is 310 g/mol. The zero-order valence-electron chi connectivity index (χ0n) is 13.7. The molecule has 0 spiro atoms. The standard InChI is InChI=1S/C17H25N3O2S/c1-11-5-6-12-13(9-11)23-17-15(12)16(22)19-14(20-17)10-18-7-3-2-4-8-21/h11,18,21H,2-10H2,1H3,(H,19,20,22). The van der Waals surface area contributed by atoms with Crippen molar-refractivity contribution in [3.05, 3.63) is 26.6 Å². The van der Waals surface area contributed by atoms with Crippen molar-refractivity contribution in [1.29, 1.82) is 0 Å². The van der Waals surface area contributed by atoms with Gasteiger partial charge in [-0.3, -0.25) is 4.79 Å². The molecule has 3 rings (SSSR count). The van der Waals surface area contributed by atoms with Crippen LogP contribution in [0.4, 0.5) is 0 Å². The van der Waals surface area contributed by atoms with Crippen LogP contribution in [0.25, 0.3) is 10.2 Å². The normalized spacial score (nSPS) is 17.6. The number of hydrogen-bond acceptors (Lipinski definition) is 5. The van der Waals surface area contributed by atoms with Crippen LogP contribution >= 0.6 is 11.3 Å². The van der Waals surface area contributed by atoms with Crippen molar-refractivity contribution >= 4 is 21.6 Å². The first-order chi connectivity index (χ1) is 11.2. The number of aromatic amines is 1. The van der Waals surface area contributed by atoms with Crippen LogP contribution in [0, 0.1) is 5.92 Å². The second kappa shape index (κ2) is 7.55. The van der Waals surface area contributed by atoms with E-state index >= 15 is 0 Å². The number of fused-ring (bicyclic) bond motifs is 3. The van der Waals surface area contributed by atoms with Gasteiger partial charge in [-0.15, -0.1) is 11.3 Å². The Balaban J connectivity index is 1.70. The van der Waals surface area contributed by atoms with Crippen molar-refractivity contribution in [3.8, 4) is 0 Å². The highest BCUT2D eigenvalue weighted by Gasteiger charge is 2.22. The van der Waals surface area contributed by atoms with Crippen LogP contribution in [-0.4, -0.2) is 28.2 Å². The van der Waals surface area contributed by atoms with Gasteiger partial charge in [-0.25, -0.2) is 4.98 Å². The molecule has 2 aromatic rings. The second-order valence-corrected chi connectivity index (χ2v) is 7.59. The van der Waals surface area contributed by atoms with E-state index in [1.807, 2.05) is 0 Å². The third kappa shape index (κ3) is 3.82. The number of nitrogens with zero attached hydrogens (tertiary/aromatic N) is 1. The van der Waals surface area contributed by atoms with Crippen molar-refractivity contribution in [3.63, 3.8) is 0 Å². The van der Waals surface area contributed by atoms with Crippen molar-refractivity contribution in [2.45, 2.75) is 52.0 Å². The van der Waals surface area contributed by atoms with E-state index in [4.69, 9.17) is 5.11 Å². The number of aromatic nitrogens is 2. The lowest BCUT2D eigenvalue weighted by molar-refractivity contribution is 0.283. The summed E-state index contributed by atoms with van der Waals surface area (Å²) in [5.41, 5.74) is 1.25. The molecule has 2 aromatic heterocycles. The van der Waals surface area contributed by atoms with Gasteiger partial charge in [-0.1, -0.05) is 6.92 Å². The Morgan fingerprint density at radius 1 is 1.39 bits per heavy atom. The van der Waals surface area contributed by atoms with Crippen molar-refractivity contribution in [1.82, 2.24) is 15.3 Å². The maximum Gasteiger partial charge on any atom is 0.259 e. The molecule has 0 aliphatic heterocycles. The second-order valence-electron chi connectivity index (χ2n) is 6.51. The fourth-order valence-electron chi connectivity index (χ4n) is 3.22. The Kier molecular flexibility index (Phi) is 5.46. The average molecular weight is 335 g/mol. The van der Waals surface area contributed by atoms with Crippen LogP contribution in [0.1, 0.15) is 48.9 Å². The average Bonchev–Trinajstić information content (AvgIpc) is 2.88. The molecular formula is C17H25N3O2S. The predicted octanol–water partition coefficient (Wildman–Crippen LogP) is 2.36. The third-order valence-corrected chi connectivity index (χ3v) is 5.67. The molecule has 6 heteroatoms. The van der Waals surface area contributed by atoms with Gasteiger partial charge in [0.15, 0.2) is 0 Å². The Bertz CT molecular complexity index is 722. The van der Waals surface area contributed by atoms with Gasteiger partial charge in [-0.05, 0) is 56.6 Å². The van der Waals surface area contributed by atoms with E-state index in [9.17, 15) is 4.79 Å². The summed E-state index contributed by atoms with van der Waals surface area (Å²) in [7, 11) is 0. The maximum atomic E-state index is 12.4. The first-order valence-corrected chi connectivity index (χ1v) is 9.35. The molecule has 0 amide bonds. The highest BCUT2D eigenvalue weighted by molar-refractivity contribution is 7.18. The SMILES string of the molecule is CC1CCc2c(sc3nc(CNCCCCCO)[nH]c(=O)c23)C1. The van der Waals surface area contributed by atoms with Gasteiger partial charge >= 0.3 is 0 Å². The lowest BCUT2D eigenvalue weighted by Gasteiger charge is -2.17. The molecule has 0 fully saturated rings. The smallest absolute Gasteiger partial charge is 0.259 e. The van der Waals surface area contributed by atoms with Crippen LogP contribution in [-0.2, 0) is 19.4 Å². The number of unbranched alkanes of at least 4 members (excludes halogenated alkanes) is 2. The largest absolute Gasteiger partial charge is 0.396 e. The van der Waals surface area contributed by atoms with E-state index in [1.165, 1.54) is 10.4 Å². The van der Waals surface area contributed by atoms with Crippen LogP contribution < -0.4 is 10.9 Å². The maximum absolute atomic E-state index is 12.4. The third-order valence-electron chi connectivity index (χ3n) is 4.52. The van der Waals surface area contributed by atoms with Crippen LogP contribution in [0.2, 0.25) is 0 Å². The van der Waals surface area contributed by atoms with Gasteiger partial charge in [0.2, 0.25) is 0 Å². The molecule has 5 nitrogen and oxygen atoms in total. The minimum atomic E-state index is 0.0131. The fourth-order valence-corrected chi connectivity index (χ4v) is 4.62. The number of hydrogen-bond donors (Lipinski definition) is 3. The van der Waals surface area contributed by atoms with E-state index in [1.54, 1.807) is 11.3 Å². The summed E-state index contributed by atoms with van der Waals surface area (Å²) in [6.45, 7) is 3.99. The molecule has 1 atom stereocenters. The molecule has 1 aliphatic carbocycles. The summed E-state index contributed by atoms with van der Waals surface area (Å²) < 4.78 is 0. The quantitative estimate of drug-likeness (QED) is 0.679. The van der Waals surface area contributed by atoms with E-state index in [0.29, 0.717) is 12.5 Å². The molecule has 3 N–H and O–H groups in total. The van der Waals surface area contributed by atoms with Gasteiger partial charge in [0, 0.05) is 11.5 Å². The zero-order valence-corrected chi connectivity index (χ0v) is 14.5. The van der Waals surface area contributed by atoms with Crippen molar-refractivity contribution in [2.75, 3.05) is 13.2 Å². The summed E-state index contributed by atoms with van der Waals surface area (Å²) in [4.78, 5) is 22.3. The highest BCUT2D eigenvalue weighted by atomic mass is 32.1. The molecule has 2 heterocycles. The van der Waals surface area contributed by atoms with Crippen LogP contribution in [0.5, 0.6) is 0 Å². The minimum absolute atomic E-state index is 0.0131. The molecule has 0 radical (unpaired) electrons. The highest BCUT2D eigenvalue weighted by Crippen LogP contribution is 2.35. The van der Waals surface area contributed by atoms with Gasteiger partial charge in [0.25, 0.3) is 5.56 Å². The molecule has 0 saturated carbocycles. The summed E-state index contributed by atoms with van der Waals surface area (Å²) in [6.07, 6.45) is 6.13. The van der Waals surface area contributed by atoms with E-state index in [-0.39, 0.29) is 12.2 Å². The van der Waals surface area contributed by atoms with Crippen LogP contribution in [0.3, 0.4) is 0 Å². The molecule has 0 aromatic carbocycles. The Hall–Kier alpha value is -1.24. The topological polar surface area (TPSA) is 78.0 Å². The van der Waals surface area contributed by atoms with Gasteiger partial charge in [-0.2, -0.15) is 0 Å². The van der Waals surface area contributed by atoms with E-state index < -0.39 is 0 Å². The first kappa shape index (κ1) is 16.6. The number of thiophene rings is 1. The molecule has 1 unspecified atom stereocenters. The van der Waals surface area contributed by atoms with Gasteiger partial charge in [0.1, 0.15) is 10.7 Å². The summed E-state index contributed by atoms with van der Waals surface area (Å²) >= 11 is 1.70. The molecule has 23 heavy (non-hydrogen) atoms. The number of nitrogens with one attached hydrogen (secondary N) is 2.